The lowest BCUT2D eigenvalue weighted by Gasteiger charge is -2.38. The van der Waals surface area contributed by atoms with E-state index in [0.29, 0.717) is 5.54 Å². The van der Waals surface area contributed by atoms with Gasteiger partial charge in [0.25, 0.3) is 0 Å². The SMILES string of the molecule is CCN(CCC1(NC)CCCCC1)Cc1ccncc1. The fourth-order valence-electron chi connectivity index (χ4n) is 3.32. The van der Waals surface area contributed by atoms with Crippen LogP contribution >= 0.6 is 0 Å². The topological polar surface area (TPSA) is 28.2 Å². The molecule has 0 atom stereocenters. The van der Waals surface area contributed by atoms with E-state index in [0.717, 1.165) is 13.1 Å². The van der Waals surface area contributed by atoms with E-state index in [4.69, 9.17) is 0 Å². The van der Waals surface area contributed by atoms with Crippen LogP contribution in [0.4, 0.5) is 0 Å². The van der Waals surface area contributed by atoms with Crippen molar-refractivity contribution >= 4 is 0 Å². The molecule has 1 aromatic heterocycles. The smallest absolute Gasteiger partial charge is 0.0271 e. The van der Waals surface area contributed by atoms with E-state index in [9.17, 15) is 0 Å². The Morgan fingerprint density at radius 1 is 1.20 bits per heavy atom. The molecular formula is C17H29N3. The largest absolute Gasteiger partial charge is 0.314 e. The number of nitrogens with one attached hydrogen (secondary N) is 1. The average Bonchev–Trinajstić information content (AvgIpc) is 2.53. The molecule has 0 amide bonds. The van der Waals surface area contributed by atoms with Crippen LogP contribution in [0.3, 0.4) is 0 Å². The third kappa shape index (κ3) is 4.29. The molecule has 0 spiro atoms. The van der Waals surface area contributed by atoms with Crippen LogP contribution in [0.1, 0.15) is 51.0 Å². The molecule has 0 unspecified atom stereocenters. The predicted molar refractivity (Wildman–Crippen MR) is 84.7 cm³/mol. The van der Waals surface area contributed by atoms with Gasteiger partial charge in [-0.1, -0.05) is 26.2 Å². The third-order valence-electron chi connectivity index (χ3n) is 4.85. The molecule has 1 N–H and O–H groups in total. The normalized spacial score (nSPS) is 18.4. The van der Waals surface area contributed by atoms with E-state index in [1.165, 1.54) is 50.6 Å². The van der Waals surface area contributed by atoms with Crippen LogP contribution in [0.25, 0.3) is 0 Å². The Bertz CT molecular complexity index is 371. The Labute approximate surface area is 123 Å². The first-order valence-electron chi connectivity index (χ1n) is 8.08. The molecule has 1 aliphatic rings. The van der Waals surface area contributed by atoms with Gasteiger partial charge in [-0.2, -0.15) is 0 Å². The summed E-state index contributed by atoms with van der Waals surface area (Å²) in [7, 11) is 2.14. The maximum absolute atomic E-state index is 4.09. The molecule has 2 rings (SSSR count). The number of pyridine rings is 1. The number of aromatic nitrogens is 1. The highest BCUT2D eigenvalue weighted by molar-refractivity contribution is 5.09. The van der Waals surface area contributed by atoms with E-state index in [1.54, 1.807) is 0 Å². The van der Waals surface area contributed by atoms with Crippen LogP contribution < -0.4 is 5.32 Å². The van der Waals surface area contributed by atoms with E-state index >= 15 is 0 Å². The Morgan fingerprint density at radius 3 is 2.50 bits per heavy atom. The molecule has 1 heterocycles. The van der Waals surface area contributed by atoms with Gasteiger partial charge >= 0.3 is 0 Å². The first-order valence-corrected chi connectivity index (χ1v) is 8.08. The molecule has 1 fully saturated rings. The van der Waals surface area contributed by atoms with Crippen molar-refractivity contribution in [1.29, 1.82) is 0 Å². The van der Waals surface area contributed by atoms with E-state index in [2.05, 4.69) is 41.3 Å². The lowest BCUT2D eigenvalue weighted by atomic mass is 9.79. The molecule has 3 heteroatoms. The molecule has 112 valence electrons. The van der Waals surface area contributed by atoms with Crippen molar-refractivity contribution in [2.45, 2.75) is 57.5 Å². The van der Waals surface area contributed by atoms with Crippen molar-refractivity contribution in [2.75, 3.05) is 20.1 Å². The minimum absolute atomic E-state index is 0.393. The van der Waals surface area contributed by atoms with Crippen molar-refractivity contribution in [3.8, 4) is 0 Å². The quantitative estimate of drug-likeness (QED) is 0.828. The van der Waals surface area contributed by atoms with E-state index < -0.39 is 0 Å². The van der Waals surface area contributed by atoms with Gasteiger partial charge in [0.1, 0.15) is 0 Å². The summed E-state index contributed by atoms with van der Waals surface area (Å²) in [6.45, 7) is 5.59. The molecule has 1 saturated carbocycles. The maximum atomic E-state index is 4.09. The van der Waals surface area contributed by atoms with Gasteiger partial charge in [-0.05, 0) is 50.6 Å². The minimum atomic E-state index is 0.393. The van der Waals surface area contributed by atoms with Gasteiger partial charge in [-0.15, -0.1) is 0 Å². The molecule has 0 aliphatic heterocycles. The van der Waals surface area contributed by atoms with Crippen molar-refractivity contribution in [3.63, 3.8) is 0 Å². The van der Waals surface area contributed by atoms with Crippen LogP contribution in [0, 0.1) is 0 Å². The number of rotatable bonds is 7. The van der Waals surface area contributed by atoms with Gasteiger partial charge in [0, 0.05) is 31.0 Å². The highest BCUT2D eigenvalue weighted by Crippen LogP contribution is 2.30. The van der Waals surface area contributed by atoms with E-state index in [1.807, 2.05) is 12.4 Å². The van der Waals surface area contributed by atoms with Gasteiger partial charge in [0.2, 0.25) is 0 Å². The summed E-state index contributed by atoms with van der Waals surface area (Å²) in [5.74, 6) is 0. The predicted octanol–water partition coefficient (Wildman–Crippen LogP) is 3.22. The van der Waals surface area contributed by atoms with E-state index in [-0.39, 0.29) is 0 Å². The average molecular weight is 275 g/mol. The Morgan fingerprint density at radius 2 is 1.90 bits per heavy atom. The fraction of sp³-hybridized carbons (Fsp3) is 0.706. The lowest BCUT2D eigenvalue weighted by molar-refractivity contribution is 0.182. The van der Waals surface area contributed by atoms with Crippen molar-refractivity contribution < 1.29 is 0 Å². The fourth-order valence-corrected chi connectivity index (χ4v) is 3.32. The monoisotopic (exact) mass is 275 g/mol. The second-order valence-electron chi connectivity index (χ2n) is 6.07. The number of hydrogen-bond donors (Lipinski definition) is 1. The molecule has 0 radical (unpaired) electrons. The third-order valence-corrected chi connectivity index (χ3v) is 4.85. The molecule has 1 aliphatic carbocycles. The van der Waals surface area contributed by atoms with Gasteiger partial charge in [0.05, 0.1) is 0 Å². The van der Waals surface area contributed by atoms with Crippen LogP contribution in [0.2, 0.25) is 0 Å². The summed E-state index contributed by atoms with van der Waals surface area (Å²) < 4.78 is 0. The standard InChI is InChI=1S/C17H29N3/c1-3-20(15-16-7-12-19-13-8-16)14-11-17(18-2)9-5-4-6-10-17/h7-8,12-13,18H,3-6,9-11,14-15H2,1-2H3. The summed E-state index contributed by atoms with van der Waals surface area (Å²) in [6.07, 6.45) is 11.9. The summed E-state index contributed by atoms with van der Waals surface area (Å²) in [5.41, 5.74) is 1.76. The van der Waals surface area contributed by atoms with Crippen molar-refractivity contribution in [3.05, 3.63) is 30.1 Å². The second kappa shape index (κ2) is 7.75. The first kappa shape index (κ1) is 15.5. The van der Waals surface area contributed by atoms with Crippen molar-refractivity contribution in [1.82, 2.24) is 15.2 Å². The second-order valence-corrected chi connectivity index (χ2v) is 6.07. The Balaban J connectivity index is 1.86. The highest BCUT2D eigenvalue weighted by atomic mass is 15.1. The van der Waals surface area contributed by atoms with Gasteiger partial charge in [-0.25, -0.2) is 0 Å². The Kier molecular flexibility index (Phi) is 5.99. The number of nitrogens with zero attached hydrogens (tertiary/aromatic N) is 2. The summed E-state index contributed by atoms with van der Waals surface area (Å²) in [5, 5.41) is 3.62. The first-order chi connectivity index (χ1) is 9.78. The minimum Gasteiger partial charge on any atom is -0.314 e. The van der Waals surface area contributed by atoms with Crippen LogP contribution in [-0.2, 0) is 6.54 Å². The van der Waals surface area contributed by atoms with Crippen LogP contribution in [0.15, 0.2) is 24.5 Å². The molecule has 1 aromatic rings. The van der Waals surface area contributed by atoms with Crippen LogP contribution in [0.5, 0.6) is 0 Å². The zero-order valence-electron chi connectivity index (χ0n) is 13.1. The molecule has 20 heavy (non-hydrogen) atoms. The van der Waals surface area contributed by atoms with Gasteiger partial charge in [-0.3, -0.25) is 9.88 Å². The molecule has 0 aromatic carbocycles. The molecule has 0 saturated heterocycles. The summed E-state index contributed by atoms with van der Waals surface area (Å²) >= 11 is 0. The van der Waals surface area contributed by atoms with Crippen molar-refractivity contribution in [2.24, 2.45) is 0 Å². The molecule has 0 bridgehead atoms. The Hall–Kier alpha value is -0.930. The molecule has 3 nitrogen and oxygen atoms in total. The summed E-state index contributed by atoms with van der Waals surface area (Å²) in [4.78, 5) is 6.64. The zero-order chi connectivity index (χ0) is 14.3. The van der Waals surface area contributed by atoms with Crippen LogP contribution in [-0.4, -0.2) is 35.6 Å². The zero-order valence-corrected chi connectivity index (χ0v) is 13.1. The maximum Gasteiger partial charge on any atom is 0.0271 e. The lowest BCUT2D eigenvalue weighted by Crippen LogP contribution is -2.47. The van der Waals surface area contributed by atoms with Gasteiger partial charge in [0.15, 0.2) is 0 Å². The highest BCUT2D eigenvalue weighted by Gasteiger charge is 2.30. The van der Waals surface area contributed by atoms with Gasteiger partial charge < -0.3 is 5.32 Å². The number of hydrogen-bond acceptors (Lipinski definition) is 3. The molecular weight excluding hydrogens is 246 g/mol. The summed E-state index contributed by atoms with van der Waals surface area (Å²) in [6, 6.07) is 4.24.